The van der Waals surface area contributed by atoms with Gasteiger partial charge in [0.15, 0.2) is 0 Å². The Bertz CT molecular complexity index is 386. The predicted octanol–water partition coefficient (Wildman–Crippen LogP) is 1.95. The number of rotatable bonds is 3. The summed E-state index contributed by atoms with van der Waals surface area (Å²) in [6.07, 6.45) is 4.11. The van der Waals surface area contributed by atoms with Gasteiger partial charge in [0.2, 0.25) is 5.28 Å². The van der Waals surface area contributed by atoms with Crippen LogP contribution in [-0.2, 0) is 6.54 Å². The van der Waals surface area contributed by atoms with Crippen molar-refractivity contribution in [2.75, 3.05) is 19.6 Å². The normalized spacial score (nSPS) is 21.7. The quantitative estimate of drug-likeness (QED) is 0.676. The third-order valence-electron chi connectivity index (χ3n) is 3.11. The van der Waals surface area contributed by atoms with E-state index in [2.05, 4.69) is 14.9 Å². The zero-order chi connectivity index (χ0) is 12.3. The van der Waals surface area contributed by atoms with Crippen LogP contribution in [0.25, 0.3) is 0 Å². The molecule has 2 heterocycles. The lowest BCUT2D eigenvalue weighted by molar-refractivity contribution is 0.171. The number of piperidine rings is 1. The monoisotopic (exact) mass is 274 g/mol. The van der Waals surface area contributed by atoms with Crippen LogP contribution in [0.1, 0.15) is 18.4 Å². The van der Waals surface area contributed by atoms with Gasteiger partial charge in [0.05, 0.1) is 0 Å². The zero-order valence-electron chi connectivity index (χ0n) is 9.57. The van der Waals surface area contributed by atoms with E-state index in [-0.39, 0.29) is 5.28 Å². The maximum atomic E-state index is 6.03. The minimum absolute atomic E-state index is 0.192. The molecule has 94 valence electrons. The molecule has 1 atom stereocenters. The maximum Gasteiger partial charge on any atom is 0.223 e. The van der Waals surface area contributed by atoms with E-state index in [1.165, 1.54) is 12.8 Å². The van der Waals surface area contributed by atoms with Gasteiger partial charge in [-0.1, -0.05) is 11.6 Å². The second kappa shape index (κ2) is 5.96. The van der Waals surface area contributed by atoms with Crippen LogP contribution in [0.2, 0.25) is 10.4 Å². The molecule has 2 rings (SSSR count). The minimum Gasteiger partial charge on any atom is -0.330 e. The van der Waals surface area contributed by atoms with Gasteiger partial charge in [-0.2, -0.15) is 0 Å². The first-order valence-electron chi connectivity index (χ1n) is 5.78. The van der Waals surface area contributed by atoms with Gasteiger partial charge in [0.25, 0.3) is 0 Å². The van der Waals surface area contributed by atoms with Crippen LogP contribution >= 0.6 is 23.2 Å². The first-order valence-corrected chi connectivity index (χ1v) is 6.54. The second-order valence-corrected chi connectivity index (χ2v) is 5.13. The van der Waals surface area contributed by atoms with E-state index in [0.717, 1.165) is 31.7 Å². The van der Waals surface area contributed by atoms with E-state index in [1.807, 2.05) is 0 Å². The topological polar surface area (TPSA) is 55.0 Å². The average Bonchev–Trinajstić information content (AvgIpc) is 2.33. The Labute approximate surface area is 111 Å². The lowest BCUT2D eigenvalue weighted by Crippen LogP contribution is -2.37. The summed E-state index contributed by atoms with van der Waals surface area (Å²) in [4.78, 5) is 10.3. The highest BCUT2D eigenvalue weighted by molar-refractivity contribution is 6.32. The van der Waals surface area contributed by atoms with Gasteiger partial charge >= 0.3 is 0 Å². The van der Waals surface area contributed by atoms with Crippen LogP contribution in [-0.4, -0.2) is 34.5 Å². The van der Waals surface area contributed by atoms with E-state index in [0.29, 0.717) is 11.1 Å². The molecule has 0 aromatic carbocycles. The highest BCUT2D eigenvalue weighted by atomic mass is 35.5. The number of hydrogen-bond donors (Lipinski definition) is 1. The third kappa shape index (κ3) is 3.52. The van der Waals surface area contributed by atoms with Crippen molar-refractivity contribution in [3.63, 3.8) is 0 Å². The van der Waals surface area contributed by atoms with Crippen molar-refractivity contribution in [3.8, 4) is 0 Å². The van der Waals surface area contributed by atoms with Crippen molar-refractivity contribution in [2.45, 2.75) is 19.4 Å². The molecule has 1 aliphatic rings. The zero-order valence-corrected chi connectivity index (χ0v) is 11.1. The molecule has 1 aromatic heterocycles. The first kappa shape index (κ1) is 13.0. The van der Waals surface area contributed by atoms with E-state index >= 15 is 0 Å². The molecule has 0 bridgehead atoms. The van der Waals surface area contributed by atoms with Crippen LogP contribution in [0.3, 0.4) is 0 Å². The van der Waals surface area contributed by atoms with Crippen molar-refractivity contribution in [2.24, 2.45) is 11.7 Å². The molecule has 1 saturated heterocycles. The Morgan fingerprint density at radius 1 is 1.47 bits per heavy atom. The Morgan fingerprint density at radius 2 is 2.29 bits per heavy atom. The maximum absolute atomic E-state index is 6.03. The van der Waals surface area contributed by atoms with Crippen molar-refractivity contribution in [3.05, 3.63) is 22.2 Å². The molecule has 0 aliphatic carbocycles. The molecule has 0 unspecified atom stereocenters. The molecule has 17 heavy (non-hydrogen) atoms. The van der Waals surface area contributed by atoms with Crippen LogP contribution in [0.15, 0.2) is 6.20 Å². The lowest BCUT2D eigenvalue weighted by Gasteiger charge is -2.32. The fourth-order valence-electron chi connectivity index (χ4n) is 2.20. The fraction of sp³-hybridized carbons (Fsp3) is 0.636. The van der Waals surface area contributed by atoms with Crippen molar-refractivity contribution in [1.29, 1.82) is 0 Å². The molecule has 0 saturated carbocycles. The Hall–Kier alpha value is -0.420. The SMILES string of the molecule is NC[C@H]1CCCN(Cc2cnc(Cl)nc2Cl)C1. The van der Waals surface area contributed by atoms with E-state index < -0.39 is 0 Å². The Morgan fingerprint density at radius 3 is 3.00 bits per heavy atom. The summed E-state index contributed by atoms with van der Waals surface area (Å²) in [5.41, 5.74) is 6.64. The summed E-state index contributed by atoms with van der Waals surface area (Å²) in [5.74, 6) is 0.593. The van der Waals surface area contributed by atoms with Gasteiger partial charge in [-0.15, -0.1) is 0 Å². The number of likely N-dealkylation sites (tertiary alicyclic amines) is 1. The molecule has 1 aliphatic heterocycles. The van der Waals surface area contributed by atoms with Crippen molar-refractivity contribution in [1.82, 2.24) is 14.9 Å². The summed E-state index contributed by atoms with van der Waals surface area (Å²) in [6.45, 7) is 3.62. The summed E-state index contributed by atoms with van der Waals surface area (Å²) < 4.78 is 0. The standard InChI is InChI=1S/C11H16Cl2N4/c12-10-9(5-15-11(13)16-10)7-17-3-1-2-8(4-14)6-17/h5,8H,1-4,6-7,14H2/t8-/m1/s1. The largest absolute Gasteiger partial charge is 0.330 e. The smallest absolute Gasteiger partial charge is 0.223 e. The van der Waals surface area contributed by atoms with Gasteiger partial charge in [-0.25, -0.2) is 9.97 Å². The number of halogens is 2. The third-order valence-corrected chi connectivity index (χ3v) is 3.62. The fourth-order valence-corrected chi connectivity index (χ4v) is 2.57. The molecular formula is C11H16Cl2N4. The molecule has 0 amide bonds. The summed E-state index contributed by atoms with van der Waals surface area (Å²) in [7, 11) is 0. The molecule has 1 fully saturated rings. The highest BCUT2D eigenvalue weighted by Crippen LogP contribution is 2.20. The van der Waals surface area contributed by atoms with E-state index in [4.69, 9.17) is 28.9 Å². The molecular weight excluding hydrogens is 259 g/mol. The molecule has 0 radical (unpaired) electrons. The minimum atomic E-state index is 0.192. The Kier molecular flexibility index (Phi) is 4.56. The molecule has 6 heteroatoms. The molecule has 1 aromatic rings. The molecule has 0 spiro atoms. The van der Waals surface area contributed by atoms with Crippen LogP contribution < -0.4 is 5.73 Å². The second-order valence-electron chi connectivity index (χ2n) is 4.43. The summed E-state index contributed by atoms with van der Waals surface area (Å²) >= 11 is 11.7. The number of nitrogens with zero attached hydrogens (tertiary/aromatic N) is 3. The molecule has 2 N–H and O–H groups in total. The van der Waals surface area contributed by atoms with Gasteiger partial charge in [-0.05, 0) is 43.5 Å². The average molecular weight is 275 g/mol. The van der Waals surface area contributed by atoms with Crippen molar-refractivity contribution >= 4 is 23.2 Å². The van der Waals surface area contributed by atoms with E-state index in [1.54, 1.807) is 6.20 Å². The predicted molar refractivity (Wildman–Crippen MR) is 69.1 cm³/mol. The van der Waals surface area contributed by atoms with Crippen LogP contribution in [0.4, 0.5) is 0 Å². The number of nitrogens with two attached hydrogens (primary N) is 1. The lowest BCUT2D eigenvalue weighted by atomic mass is 9.98. The molecule has 4 nitrogen and oxygen atoms in total. The number of aromatic nitrogens is 2. The van der Waals surface area contributed by atoms with Crippen LogP contribution in [0, 0.1) is 5.92 Å². The first-order chi connectivity index (χ1) is 8.19. The van der Waals surface area contributed by atoms with E-state index in [9.17, 15) is 0 Å². The Balaban J connectivity index is 2.00. The summed E-state index contributed by atoms with van der Waals surface area (Å²) in [6, 6.07) is 0. The van der Waals surface area contributed by atoms with Crippen molar-refractivity contribution < 1.29 is 0 Å². The van der Waals surface area contributed by atoms with Gasteiger partial charge in [0.1, 0.15) is 5.15 Å². The highest BCUT2D eigenvalue weighted by Gasteiger charge is 2.19. The van der Waals surface area contributed by atoms with Crippen LogP contribution in [0.5, 0.6) is 0 Å². The van der Waals surface area contributed by atoms with Gasteiger partial charge in [0, 0.05) is 24.8 Å². The summed E-state index contributed by atoms with van der Waals surface area (Å²) in [5, 5.41) is 0.636. The van der Waals surface area contributed by atoms with Gasteiger partial charge < -0.3 is 5.73 Å². The number of hydrogen-bond acceptors (Lipinski definition) is 4. The van der Waals surface area contributed by atoms with Gasteiger partial charge in [-0.3, -0.25) is 4.90 Å².